The van der Waals surface area contributed by atoms with E-state index >= 15 is 0 Å². The van der Waals surface area contributed by atoms with Gasteiger partial charge in [-0.15, -0.1) is 0 Å². The first-order valence-electron chi connectivity index (χ1n) is 7.16. The summed E-state index contributed by atoms with van der Waals surface area (Å²) in [7, 11) is 0. The summed E-state index contributed by atoms with van der Waals surface area (Å²) in [5, 5.41) is 0.793. The number of aromatic nitrogens is 1. The van der Waals surface area contributed by atoms with Crippen molar-refractivity contribution in [1.29, 1.82) is 0 Å². The highest BCUT2D eigenvalue weighted by Gasteiger charge is 2.28. The molecular weight excluding hydrogens is 284 g/mol. The summed E-state index contributed by atoms with van der Waals surface area (Å²) < 4.78 is 0. The summed E-state index contributed by atoms with van der Waals surface area (Å²) in [5.41, 5.74) is 1.97. The molecule has 108 valence electrons. The number of likely N-dealkylation sites (tertiary alicyclic amines) is 1. The Morgan fingerprint density at radius 2 is 2.05 bits per heavy atom. The van der Waals surface area contributed by atoms with E-state index in [4.69, 9.17) is 11.6 Å². The van der Waals surface area contributed by atoms with Crippen molar-refractivity contribution >= 4 is 17.5 Å². The van der Waals surface area contributed by atoms with Gasteiger partial charge in [-0.3, -0.25) is 9.78 Å². The fourth-order valence-electron chi connectivity index (χ4n) is 2.82. The van der Waals surface area contributed by atoms with E-state index in [1.807, 2.05) is 41.3 Å². The van der Waals surface area contributed by atoms with Gasteiger partial charge in [0.25, 0.3) is 0 Å². The molecule has 21 heavy (non-hydrogen) atoms. The maximum absolute atomic E-state index is 12.3. The summed E-state index contributed by atoms with van der Waals surface area (Å²) in [6.45, 7) is 1.54. The lowest BCUT2D eigenvalue weighted by Gasteiger charge is -2.17. The Morgan fingerprint density at radius 1 is 1.24 bits per heavy atom. The number of nitrogens with zero attached hydrogens (tertiary/aromatic N) is 2. The zero-order chi connectivity index (χ0) is 14.7. The van der Waals surface area contributed by atoms with Crippen LogP contribution < -0.4 is 0 Å². The van der Waals surface area contributed by atoms with Crippen molar-refractivity contribution < 1.29 is 4.79 Å². The molecule has 1 aliphatic heterocycles. The molecule has 1 amide bonds. The maximum Gasteiger partial charge on any atom is 0.228 e. The third-order valence-electron chi connectivity index (χ3n) is 3.94. The van der Waals surface area contributed by atoms with Crippen molar-refractivity contribution in [3.05, 3.63) is 64.9 Å². The van der Waals surface area contributed by atoms with Gasteiger partial charge in [0, 0.05) is 35.9 Å². The van der Waals surface area contributed by atoms with Crippen LogP contribution in [0.2, 0.25) is 5.02 Å². The molecule has 0 saturated carbocycles. The summed E-state index contributed by atoms with van der Waals surface area (Å²) >= 11 is 6.25. The van der Waals surface area contributed by atoms with Gasteiger partial charge in [0.2, 0.25) is 5.91 Å². The van der Waals surface area contributed by atoms with E-state index < -0.39 is 0 Å². The molecule has 4 heteroatoms. The molecule has 3 nitrogen and oxygen atoms in total. The predicted octanol–water partition coefficient (Wildman–Crippen LogP) is 3.29. The highest BCUT2D eigenvalue weighted by atomic mass is 35.5. The van der Waals surface area contributed by atoms with E-state index in [0.29, 0.717) is 12.3 Å². The van der Waals surface area contributed by atoms with Crippen LogP contribution in [0.4, 0.5) is 0 Å². The molecule has 0 radical (unpaired) electrons. The van der Waals surface area contributed by atoms with E-state index in [1.165, 1.54) is 0 Å². The zero-order valence-electron chi connectivity index (χ0n) is 11.7. The molecule has 1 aromatic carbocycles. The molecule has 1 aromatic heterocycles. The second kappa shape index (κ2) is 6.27. The molecule has 1 atom stereocenters. The van der Waals surface area contributed by atoms with Crippen molar-refractivity contribution in [3.8, 4) is 0 Å². The third-order valence-corrected chi connectivity index (χ3v) is 4.29. The minimum Gasteiger partial charge on any atom is -0.342 e. The van der Waals surface area contributed by atoms with E-state index in [1.54, 1.807) is 6.20 Å². The van der Waals surface area contributed by atoms with Crippen LogP contribution in [0, 0.1) is 0 Å². The molecule has 0 N–H and O–H groups in total. The third kappa shape index (κ3) is 3.24. The molecular formula is C17H17ClN2O. The van der Waals surface area contributed by atoms with Gasteiger partial charge < -0.3 is 4.90 Å². The number of carbonyl (C=O) groups excluding carboxylic acids is 1. The predicted molar refractivity (Wildman–Crippen MR) is 83.3 cm³/mol. The van der Waals surface area contributed by atoms with E-state index in [0.717, 1.165) is 35.8 Å². The van der Waals surface area contributed by atoms with Crippen LogP contribution in [0.25, 0.3) is 0 Å². The maximum atomic E-state index is 12.3. The number of hydrogen-bond acceptors (Lipinski definition) is 2. The van der Waals surface area contributed by atoms with Gasteiger partial charge in [0.1, 0.15) is 0 Å². The number of pyridine rings is 1. The van der Waals surface area contributed by atoms with Crippen LogP contribution in [0.15, 0.2) is 48.7 Å². The van der Waals surface area contributed by atoms with Crippen molar-refractivity contribution in [2.45, 2.75) is 18.8 Å². The van der Waals surface area contributed by atoms with Crippen molar-refractivity contribution in [2.24, 2.45) is 0 Å². The average Bonchev–Trinajstić information content (AvgIpc) is 2.98. The number of benzene rings is 1. The molecule has 2 aromatic rings. The van der Waals surface area contributed by atoms with Crippen molar-refractivity contribution in [1.82, 2.24) is 9.88 Å². The zero-order valence-corrected chi connectivity index (χ0v) is 12.5. The van der Waals surface area contributed by atoms with Crippen LogP contribution in [-0.2, 0) is 11.2 Å². The van der Waals surface area contributed by atoms with Crippen molar-refractivity contribution in [2.75, 3.05) is 13.1 Å². The van der Waals surface area contributed by atoms with Crippen LogP contribution in [0.5, 0.6) is 0 Å². The molecule has 1 unspecified atom stereocenters. The summed E-state index contributed by atoms with van der Waals surface area (Å²) in [4.78, 5) is 18.5. The van der Waals surface area contributed by atoms with Gasteiger partial charge in [-0.1, -0.05) is 35.9 Å². The van der Waals surface area contributed by atoms with E-state index in [9.17, 15) is 4.79 Å². The fraction of sp³-hybridized carbons (Fsp3) is 0.294. The highest BCUT2D eigenvalue weighted by Crippen LogP contribution is 2.32. The SMILES string of the molecule is O=C(Cc1ccccn1)N1CCC(c2ccccc2Cl)C1. The quantitative estimate of drug-likeness (QED) is 0.871. The lowest BCUT2D eigenvalue weighted by atomic mass is 9.98. The molecule has 0 bridgehead atoms. The minimum absolute atomic E-state index is 0.142. The van der Waals surface area contributed by atoms with Gasteiger partial charge in [-0.25, -0.2) is 0 Å². The van der Waals surface area contributed by atoms with E-state index in [2.05, 4.69) is 11.1 Å². The minimum atomic E-state index is 0.142. The number of halogens is 1. The Morgan fingerprint density at radius 3 is 2.81 bits per heavy atom. The lowest BCUT2D eigenvalue weighted by molar-refractivity contribution is -0.129. The number of rotatable bonds is 3. The first-order valence-corrected chi connectivity index (χ1v) is 7.54. The topological polar surface area (TPSA) is 33.2 Å². The largest absolute Gasteiger partial charge is 0.342 e. The first-order chi connectivity index (χ1) is 10.2. The number of amides is 1. The summed E-state index contributed by atoms with van der Waals surface area (Å²) in [6.07, 6.45) is 3.06. The number of hydrogen-bond donors (Lipinski definition) is 0. The van der Waals surface area contributed by atoms with Gasteiger partial charge >= 0.3 is 0 Å². The Balaban J connectivity index is 1.64. The van der Waals surface area contributed by atoms with Crippen LogP contribution in [0.3, 0.4) is 0 Å². The molecule has 1 fully saturated rings. The summed E-state index contributed by atoms with van der Waals surface area (Å²) in [6, 6.07) is 13.6. The molecule has 1 saturated heterocycles. The Bertz CT molecular complexity index is 630. The standard InChI is InChI=1S/C17H17ClN2O/c18-16-7-2-1-6-15(16)13-8-10-20(12-13)17(21)11-14-5-3-4-9-19-14/h1-7,9,13H,8,10-12H2. The summed E-state index contributed by atoms with van der Waals surface area (Å²) in [5.74, 6) is 0.481. The first kappa shape index (κ1) is 14.1. The van der Waals surface area contributed by atoms with Gasteiger partial charge in [-0.05, 0) is 30.2 Å². The number of carbonyl (C=O) groups is 1. The molecule has 2 heterocycles. The monoisotopic (exact) mass is 300 g/mol. The van der Waals surface area contributed by atoms with Crippen LogP contribution in [-0.4, -0.2) is 28.9 Å². The van der Waals surface area contributed by atoms with E-state index in [-0.39, 0.29) is 5.91 Å². The normalized spacial score (nSPS) is 18.0. The second-order valence-corrected chi connectivity index (χ2v) is 5.75. The molecule has 0 spiro atoms. The fourth-order valence-corrected chi connectivity index (χ4v) is 3.11. The lowest BCUT2D eigenvalue weighted by Crippen LogP contribution is -2.30. The second-order valence-electron chi connectivity index (χ2n) is 5.34. The van der Waals surface area contributed by atoms with Crippen LogP contribution >= 0.6 is 11.6 Å². The molecule has 3 rings (SSSR count). The molecule has 1 aliphatic rings. The molecule has 0 aliphatic carbocycles. The Hall–Kier alpha value is -1.87. The van der Waals surface area contributed by atoms with Gasteiger partial charge in [-0.2, -0.15) is 0 Å². The highest BCUT2D eigenvalue weighted by molar-refractivity contribution is 6.31. The smallest absolute Gasteiger partial charge is 0.228 e. The van der Waals surface area contributed by atoms with Gasteiger partial charge in [0.05, 0.1) is 6.42 Å². The van der Waals surface area contributed by atoms with Crippen molar-refractivity contribution in [3.63, 3.8) is 0 Å². The van der Waals surface area contributed by atoms with Crippen LogP contribution in [0.1, 0.15) is 23.6 Å². The average molecular weight is 301 g/mol. The Kier molecular flexibility index (Phi) is 4.20. The Labute approximate surface area is 129 Å². The van der Waals surface area contributed by atoms with Gasteiger partial charge in [0.15, 0.2) is 0 Å².